The van der Waals surface area contributed by atoms with E-state index in [1.807, 2.05) is 32.0 Å². The van der Waals surface area contributed by atoms with Gasteiger partial charge in [-0.1, -0.05) is 13.0 Å². The topological polar surface area (TPSA) is 80.0 Å². The van der Waals surface area contributed by atoms with E-state index in [9.17, 15) is 4.79 Å². The summed E-state index contributed by atoms with van der Waals surface area (Å²) in [7, 11) is 0. The van der Waals surface area contributed by atoms with Crippen LogP contribution in [-0.4, -0.2) is 10.9 Å². The smallest absolute Gasteiger partial charge is 0.255 e. The van der Waals surface area contributed by atoms with Gasteiger partial charge in [0.1, 0.15) is 5.82 Å². The number of benzene rings is 1. The van der Waals surface area contributed by atoms with Crippen molar-refractivity contribution < 1.29 is 4.79 Å². The van der Waals surface area contributed by atoms with Crippen LogP contribution in [0.25, 0.3) is 0 Å². The second-order valence-electron chi connectivity index (χ2n) is 4.67. The first-order valence-corrected chi connectivity index (χ1v) is 7.38. The lowest BCUT2D eigenvalue weighted by Crippen LogP contribution is -2.16. The number of nitrogens with zero attached hydrogens (tertiary/aromatic N) is 1. The minimum Gasteiger partial charge on any atom is -0.321 e. The minimum atomic E-state index is -0.199. The van der Waals surface area contributed by atoms with Crippen LogP contribution in [0, 0.1) is 6.92 Å². The van der Waals surface area contributed by atoms with Crippen LogP contribution >= 0.6 is 15.9 Å². The Morgan fingerprint density at radius 1 is 1.33 bits per heavy atom. The second kappa shape index (κ2) is 6.69. The van der Waals surface area contributed by atoms with E-state index < -0.39 is 0 Å². The highest BCUT2D eigenvalue weighted by molar-refractivity contribution is 9.10. The number of nitrogen functional groups attached to an aromatic ring is 1. The van der Waals surface area contributed by atoms with Crippen LogP contribution in [-0.2, 0) is 6.42 Å². The molecule has 0 aliphatic heterocycles. The van der Waals surface area contributed by atoms with Crippen LogP contribution in [0.15, 0.2) is 34.8 Å². The highest BCUT2D eigenvalue weighted by Gasteiger charge is 2.11. The molecule has 0 aliphatic carbocycles. The number of nitrogens with one attached hydrogen (secondary N) is 2. The highest BCUT2D eigenvalue weighted by atomic mass is 79.9. The van der Waals surface area contributed by atoms with E-state index in [1.165, 1.54) is 0 Å². The summed E-state index contributed by atoms with van der Waals surface area (Å²) in [6, 6.07) is 9.17. The molecule has 0 aliphatic rings. The number of amides is 1. The first-order chi connectivity index (χ1) is 10.0. The van der Waals surface area contributed by atoms with Gasteiger partial charge in [-0.2, -0.15) is 0 Å². The Labute approximate surface area is 132 Å². The van der Waals surface area contributed by atoms with Gasteiger partial charge < -0.3 is 10.7 Å². The molecule has 2 rings (SSSR count). The number of hydrogen-bond acceptors (Lipinski definition) is 4. The Morgan fingerprint density at radius 2 is 2.10 bits per heavy atom. The molecule has 0 bridgehead atoms. The lowest BCUT2D eigenvalue weighted by molar-refractivity contribution is 0.102. The molecular weight excluding hydrogens is 332 g/mol. The Bertz CT molecular complexity index is 650. The number of carbonyl (C=O) groups excluding carboxylic acids is 1. The Hall–Kier alpha value is -1.92. The lowest BCUT2D eigenvalue weighted by Gasteiger charge is -2.10. The van der Waals surface area contributed by atoms with Crippen molar-refractivity contribution in [2.45, 2.75) is 20.3 Å². The number of nitrogens with two attached hydrogens (primary N) is 1. The van der Waals surface area contributed by atoms with Crippen molar-refractivity contribution in [2.24, 2.45) is 5.84 Å². The fourth-order valence-corrected chi connectivity index (χ4v) is 2.25. The van der Waals surface area contributed by atoms with Crippen molar-refractivity contribution in [1.29, 1.82) is 0 Å². The fraction of sp³-hybridized carbons (Fsp3) is 0.200. The first kappa shape index (κ1) is 15.5. The standard InChI is InChI=1S/C15H17BrN4O/c1-3-11-7-10(8-14(18-11)20-17)15(21)19-13-6-9(2)4-5-12(13)16/h4-8H,3,17H2,1-2H3,(H,18,20)(H,19,21). The Morgan fingerprint density at radius 3 is 2.76 bits per heavy atom. The molecule has 0 unspecified atom stereocenters. The molecule has 0 radical (unpaired) electrons. The first-order valence-electron chi connectivity index (χ1n) is 6.58. The maximum Gasteiger partial charge on any atom is 0.255 e. The molecule has 0 fully saturated rings. The summed E-state index contributed by atoms with van der Waals surface area (Å²) in [5.74, 6) is 5.66. The number of hydrazine groups is 1. The van der Waals surface area contributed by atoms with E-state index in [2.05, 4.69) is 31.7 Å². The molecule has 1 aromatic carbocycles. The second-order valence-corrected chi connectivity index (χ2v) is 5.52. The number of rotatable bonds is 4. The van der Waals surface area contributed by atoms with E-state index in [0.29, 0.717) is 11.4 Å². The molecule has 6 heteroatoms. The fourth-order valence-electron chi connectivity index (χ4n) is 1.90. The summed E-state index contributed by atoms with van der Waals surface area (Å²) in [4.78, 5) is 16.7. The maximum atomic E-state index is 12.4. The van der Waals surface area contributed by atoms with E-state index in [4.69, 9.17) is 5.84 Å². The zero-order chi connectivity index (χ0) is 15.4. The largest absolute Gasteiger partial charge is 0.321 e. The summed E-state index contributed by atoms with van der Waals surface area (Å²) >= 11 is 3.43. The minimum absolute atomic E-state index is 0.199. The predicted molar refractivity (Wildman–Crippen MR) is 88.3 cm³/mol. The summed E-state index contributed by atoms with van der Waals surface area (Å²) in [5.41, 5.74) is 5.61. The van der Waals surface area contributed by atoms with Crippen molar-refractivity contribution in [2.75, 3.05) is 10.7 Å². The SMILES string of the molecule is CCc1cc(C(=O)Nc2cc(C)ccc2Br)cc(NN)n1. The predicted octanol–water partition coefficient (Wildman–Crippen LogP) is 3.25. The monoisotopic (exact) mass is 348 g/mol. The average Bonchev–Trinajstić information content (AvgIpc) is 2.50. The number of hydrogen-bond donors (Lipinski definition) is 3. The lowest BCUT2D eigenvalue weighted by atomic mass is 10.1. The zero-order valence-electron chi connectivity index (χ0n) is 11.9. The van der Waals surface area contributed by atoms with Crippen LogP contribution in [0.3, 0.4) is 0 Å². The molecule has 1 amide bonds. The molecule has 5 nitrogen and oxygen atoms in total. The quantitative estimate of drug-likeness (QED) is 0.585. The molecule has 110 valence electrons. The van der Waals surface area contributed by atoms with Crippen LogP contribution in [0.2, 0.25) is 0 Å². The summed E-state index contributed by atoms with van der Waals surface area (Å²) in [5, 5.41) is 2.89. The molecule has 1 heterocycles. The third kappa shape index (κ3) is 3.80. The zero-order valence-corrected chi connectivity index (χ0v) is 13.5. The van der Waals surface area contributed by atoms with Crippen LogP contribution < -0.4 is 16.6 Å². The van der Waals surface area contributed by atoms with E-state index >= 15 is 0 Å². The van der Waals surface area contributed by atoms with Gasteiger partial charge in [-0.25, -0.2) is 10.8 Å². The van der Waals surface area contributed by atoms with Crippen LogP contribution in [0.1, 0.15) is 28.5 Å². The molecule has 0 spiro atoms. The van der Waals surface area contributed by atoms with Gasteiger partial charge >= 0.3 is 0 Å². The summed E-state index contributed by atoms with van der Waals surface area (Å²) < 4.78 is 0.836. The van der Waals surface area contributed by atoms with Crippen LogP contribution in [0.4, 0.5) is 11.5 Å². The van der Waals surface area contributed by atoms with Crippen molar-refractivity contribution >= 4 is 33.3 Å². The van der Waals surface area contributed by atoms with Gasteiger partial charge in [0, 0.05) is 15.7 Å². The normalized spacial score (nSPS) is 10.3. The number of pyridine rings is 1. The summed E-state index contributed by atoms with van der Waals surface area (Å²) in [6.45, 7) is 3.95. The van der Waals surface area contributed by atoms with Gasteiger partial charge in [-0.05, 0) is 59.1 Å². The van der Waals surface area contributed by atoms with E-state index in [1.54, 1.807) is 12.1 Å². The van der Waals surface area contributed by atoms with Crippen molar-refractivity contribution in [3.63, 3.8) is 0 Å². The maximum absolute atomic E-state index is 12.4. The van der Waals surface area contributed by atoms with Gasteiger partial charge in [-0.3, -0.25) is 4.79 Å². The van der Waals surface area contributed by atoms with Gasteiger partial charge in [0.05, 0.1) is 5.69 Å². The average molecular weight is 349 g/mol. The molecular formula is C15H17BrN4O. The number of aryl methyl sites for hydroxylation is 2. The van der Waals surface area contributed by atoms with Gasteiger partial charge in [0.2, 0.25) is 0 Å². The number of aromatic nitrogens is 1. The molecule has 0 atom stereocenters. The molecule has 21 heavy (non-hydrogen) atoms. The number of anilines is 2. The molecule has 0 saturated carbocycles. The molecule has 1 aromatic heterocycles. The third-order valence-corrected chi connectivity index (χ3v) is 3.71. The van der Waals surface area contributed by atoms with E-state index in [-0.39, 0.29) is 5.91 Å². The van der Waals surface area contributed by atoms with E-state index in [0.717, 1.165) is 27.8 Å². The van der Waals surface area contributed by atoms with Crippen LogP contribution in [0.5, 0.6) is 0 Å². The molecule has 2 aromatic rings. The molecule has 0 saturated heterocycles. The van der Waals surface area contributed by atoms with Gasteiger partial charge in [0.15, 0.2) is 0 Å². The van der Waals surface area contributed by atoms with Gasteiger partial charge in [-0.15, -0.1) is 0 Å². The Kier molecular flexibility index (Phi) is 4.93. The Balaban J connectivity index is 2.29. The molecule has 4 N–H and O–H groups in total. The third-order valence-electron chi connectivity index (χ3n) is 3.02. The van der Waals surface area contributed by atoms with Crippen molar-refractivity contribution in [3.8, 4) is 0 Å². The van der Waals surface area contributed by atoms with Crippen molar-refractivity contribution in [3.05, 3.63) is 51.6 Å². The van der Waals surface area contributed by atoms with Crippen molar-refractivity contribution in [1.82, 2.24) is 4.98 Å². The number of carbonyl (C=O) groups is 1. The number of halogens is 1. The highest BCUT2D eigenvalue weighted by Crippen LogP contribution is 2.24. The van der Waals surface area contributed by atoms with Gasteiger partial charge in [0.25, 0.3) is 5.91 Å². The summed E-state index contributed by atoms with van der Waals surface area (Å²) in [6.07, 6.45) is 0.726.